The van der Waals surface area contributed by atoms with E-state index in [9.17, 15) is 19.7 Å². The molecular weight excluding hydrogens is 308 g/mol. The van der Waals surface area contributed by atoms with Crippen molar-refractivity contribution in [2.24, 2.45) is 0 Å². The Hall–Kier alpha value is -2.74. The van der Waals surface area contributed by atoms with Crippen LogP contribution in [0, 0.1) is 10.1 Å². The molecule has 0 spiro atoms. The standard InChI is InChI=1S/C14H12N2O5S/c1-2-21-14(18)9-4-3-5-10(8-9)15-13(17)11-6-7-12(22-11)16(19)20/h3-8H,2H2,1H3,(H,15,17). The summed E-state index contributed by atoms with van der Waals surface area (Å²) in [6, 6.07) is 8.94. The molecule has 1 amide bonds. The fourth-order valence-electron chi connectivity index (χ4n) is 1.68. The number of esters is 1. The Balaban J connectivity index is 2.12. The van der Waals surface area contributed by atoms with E-state index in [-0.39, 0.29) is 16.5 Å². The van der Waals surface area contributed by atoms with Crippen LogP contribution < -0.4 is 5.32 Å². The number of ether oxygens (including phenoxy) is 1. The number of nitrogens with one attached hydrogen (secondary N) is 1. The highest BCUT2D eigenvalue weighted by Gasteiger charge is 2.16. The minimum Gasteiger partial charge on any atom is -0.462 e. The van der Waals surface area contributed by atoms with Gasteiger partial charge < -0.3 is 10.1 Å². The lowest BCUT2D eigenvalue weighted by atomic mass is 10.2. The van der Waals surface area contributed by atoms with Crippen LogP contribution in [-0.4, -0.2) is 23.4 Å². The summed E-state index contributed by atoms with van der Waals surface area (Å²) >= 11 is 0.784. The van der Waals surface area contributed by atoms with Gasteiger partial charge in [0, 0.05) is 11.8 Å². The highest BCUT2D eigenvalue weighted by molar-refractivity contribution is 7.17. The lowest BCUT2D eigenvalue weighted by Crippen LogP contribution is -2.11. The Labute approximate surface area is 129 Å². The monoisotopic (exact) mass is 320 g/mol. The van der Waals surface area contributed by atoms with Crippen molar-refractivity contribution in [1.82, 2.24) is 0 Å². The van der Waals surface area contributed by atoms with Crippen LogP contribution in [0.2, 0.25) is 0 Å². The first-order valence-corrected chi connectivity index (χ1v) is 7.15. The number of hydrogen-bond acceptors (Lipinski definition) is 6. The summed E-state index contributed by atoms with van der Waals surface area (Å²) in [4.78, 5) is 33.9. The molecule has 0 aliphatic carbocycles. The first-order chi connectivity index (χ1) is 10.5. The van der Waals surface area contributed by atoms with Crippen molar-refractivity contribution in [3.63, 3.8) is 0 Å². The smallest absolute Gasteiger partial charge is 0.338 e. The molecule has 0 unspecified atom stereocenters. The molecule has 0 bridgehead atoms. The average Bonchev–Trinajstić information content (AvgIpc) is 2.98. The number of nitrogens with zero attached hydrogens (tertiary/aromatic N) is 1. The molecule has 2 rings (SSSR count). The van der Waals surface area contributed by atoms with Gasteiger partial charge in [0.05, 0.1) is 22.0 Å². The lowest BCUT2D eigenvalue weighted by molar-refractivity contribution is -0.380. The van der Waals surface area contributed by atoms with Crippen molar-refractivity contribution < 1.29 is 19.2 Å². The molecule has 0 atom stereocenters. The first-order valence-electron chi connectivity index (χ1n) is 6.34. The zero-order valence-corrected chi connectivity index (χ0v) is 12.4. The lowest BCUT2D eigenvalue weighted by Gasteiger charge is -2.06. The Morgan fingerprint density at radius 2 is 2.09 bits per heavy atom. The summed E-state index contributed by atoms with van der Waals surface area (Å²) in [6.45, 7) is 1.96. The summed E-state index contributed by atoms with van der Waals surface area (Å²) in [5.41, 5.74) is 0.725. The zero-order chi connectivity index (χ0) is 16.1. The number of benzene rings is 1. The van der Waals surface area contributed by atoms with Crippen LogP contribution in [0.15, 0.2) is 36.4 Å². The Bertz CT molecular complexity index is 726. The van der Waals surface area contributed by atoms with Gasteiger partial charge in [-0.2, -0.15) is 0 Å². The third kappa shape index (κ3) is 3.67. The topological polar surface area (TPSA) is 98.5 Å². The fraction of sp³-hybridized carbons (Fsp3) is 0.143. The van der Waals surface area contributed by atoms with E-state index in [0.717, 1.165) is 11.3 Å². The number of anilines is 1. The van der Waals surface area contributed by atoms with Crippen LogP contribution >= 0.6 is 11.3 Å². The van der Waals surface area contributed by atoms with Gasteiger partial charge in [0.15, 0.2) is 0 Å². The maximum atomic E-state index is 12.0. The number of hydrogen-bond donors (Lipinski definition) is 1. The van der Waals surface area contributed by atoms with Crippen LogP contribution in [-0.2, 0) is 4.74 Å². The van der Waals surface area contributed by atoms with Crippen molar-refractivity contribution in [2.75, 3.05) is 11.9 Å². The summed E-state index contributed by atoms with van der Waals surface area (Å²) in [7, 11) is 0. The van der Waals surface area contributed by atoms with Gasteiger partial charge in [-0.15, -0.1) is 0 Å². The molecule has 8 heteroatoms. The predicted molar refractivity (Wildman–Crippen MR) is 81.3 cm³/mol. The van der Waals surface area contributed by atoms with Crippen LogP contribution in [0.3, 0.4) is 0 Å². The third-order valence-electron chi connectivity index (χ3n) is 2.63. The summed E-state index contributed by atoms with van der Waals surface area (Å²) < 4.78 is 4.88. The largest absolute Gasteiger partial charge is 0.462 e. The zero-order valence-electron chi connectivity index (χ0n) is 11.6. The van der Waals surface area contributed by atoms with Crippen LogP contribution in [0.4, 0.5) is 10.7 Å². The minimum atomic E-state index is -0.553. The summed E-state index contributed by atoms with van der Waals surface area (Å²) in [6.07, 6.45) is 0. The number of carbonyl (C=O) groups is 2. The van der Waals surface area contributed by atoms with Crippen molar-refractivity contribution in [1.29, 1.82) is 0 Å². The van der Waals surface area contributed by atoms with Crippen LogP contribution in [0.5, 0.6) is 0 Å². The van der Waals surface area contributed by atoms with E-state index in [0.29, 0.717) is 11.3 Å². The van der Waals surface area contributed by atoms with E-state index in [4.69, 9.17) is 4.74 Å². The van der Waals surface area contributed by atoms with Gasteiger partial charge >= 0.3 is 11.0 Å². The molecule has 0 saturated carbocycles. The Morgan fingerprint density at radius 1 is 1.32 bits per heavy atom. The van der Waals surface area contributed by atoms with Gasteiger partial charge in [0.25, 0.3) is 5.91 Å². The van der Waals surface area contributed by atoms with Crippen LogP contribution in [0.1, 0.15) is 27.0 Å². The van der Waals surface area contributed by atoms with Gasteiger partial charge in [0.2, 0.25) is 0 Å². The van der Waals surface area contributed by atoms with Crippen LogP contribution in [0.25, 0.3) is 0 Å². The second kappa shape index (κ2) is 6.81. The van der Waals surface area contributed by atoms with Gasteiger partial charge in [0.1, 0.15) is 0 Å². The Kier molecular flexibility index (Phi) is 4.84. The SMILES string of the molecule is CCOC(=O)c1cccc(NC(=O)c2ccc([N+](=O)[O-])s2)c1. The van der Waals surface area contributed by atoms with Crippen molar-refractivity contribution in [2.45, 2.75) is 6.92 Å². The second-order valence-corrected chi connectivity index (χ2v) is 5.21. The van der Waals surface area contributed by atoms with Crippen molar-refractivity contribution >= 4 is 33.9 Å². The number of thiophene rings is 1. The number of amides is 1. The molecule has 2 aromatic rings. The average molecular weight is 320 g/mol. The molecule has 0 aliphatic heterocycles. The maximum Gasteiger partial charge on any atom is 0.338 e. The summed E-state index contributed by atoms with van der Waals surface area (Å²) in [5.74, 6) is -0.954. The Morgan fingerprint density at radius 3 is 2.73 bits per heavy atom. The van der Waals surface area contributed by atoms with Gasteiger partial charge in [-0.3, -0.25) is 14.9 Å². The number of rotatable bonds is 5. The molecule has 0 aliphatic rings. The number of nitro groups is 1. The van der Waals surface area contributed by atoms with E-state index in [2.05, 4.69) is 5.32 Å². The molecule has 0 radical (unpaired) electrons. The molecule has 22 heavy (non-hydrogen) atoms. The van der Waals surface area contributed by atoms with E-state index < -0.39 is 16.8 Å². The highest BCUT2D eigenvalue weighted by Crippen LogP contribution is 2.24. The molecule has 0 fully saturated rings. The van der Waals surface area contributed by atoms with E-state index in [1.807, 2.05) is 0 Å². The molecule has 1 aromatic carbocycles. The minimum absolute atomic E-state index is 0.106. The quantitative estimate of drug-likeness (QED) is 0.518. The first kappa shape index (κ1) is 15.6. The van der Waals surface area contributed by atoms with Gasteiger partial charge in [-0.05, 0) is 31.2 Å². The van der Waals surface area contributed by atoms with E-state index in [1.165, 1.54) is 18.2 Å². The van der Waals surface area contributed by atoms with Gasteiger partial charge in [-0.25, -0.2) is 4.79 Å². The fourth-order valence-corrected chi connectivity index (χ4v) is 2.39. The highest BCUT2D eigenvalue weighted by atomic mass is 32.1. The molecule has 1 N–H and O–H groups in total. The maximum absolute atomic E-state index is 12.0. The van der Waals surface area contributed by atoms with E-state index in [1.54, 1.807) is 25.1 Å². The molecule has 114 valence electrons. The molecule has 0 saturated heterocycles. The molecule has 1 aromatic heterocycles. The number of carbonyl (C=O) groups excluding carboxylic acids is 2. The normalized spacial score (nSPS) is 10.0. The van der Waals surface area contributed by atoms with E-state index >= 15 is 0 Å². The molecule has 7 nitrogen and oxygen atoms in total. The summed E-state index contributed by atoms with van der Waals surface area (Å²) in [5, 5.41) is 13.1. The van der Waals surface area contributed by atoms with Crippen molar-refractivity contribution in [3.05, 3.63) is 57.0 Å². The second-order valence-electron chi connectivity index (χ2n) is 4.15. The predicted octanol–water partition coefficient (Wildman–Crippen LogP) is 3.09. The third-order valence-corrected chi connectivity index (χ3v) is 3.66. The molecule has 1 heterocycles. The molecular formula is C14H12N2O5S. The van der Waals surface area contributed by atoms with Crippen molar-refractivity contribution in [3.8, 4) is 0 Å². The van der Waals surface area contributed by atoms with Gasteiger partial charge in [-0.1, -0.05) is 17.4 Å².